The third-order valence-electron chi connectivity index (χ3n) is 5.92. The first-order valence-electron chi connectivity index (χ1n) is 12.4. The van der Waals surface area contributed by atoms with E-state index >= 15 is 0 Å². The molecule has 0 aromatic rings. The van der Waals surface area contributed by atoms with Crippen LogP contribution in [0.5, 0.6) is 0 Å². The topological polar surface area (TPSA) is 83.6 Å². The number of hydrogen-bond donors (Lipinski definition) is 2. The number of aliphatic hydroxyl groups is 1. The van der Waals surface area contributed by atoms with Crippen molar-refractivity contribution >= 4 is 5.84 Å². The lowest BCUT2D eigenvalue weighted by Gasteiger charge is -2.36. The average Bonchev–Trinajstić information content (AvgIpc) is 2.82. The third-order valence-corrected chi connectivity index (χ3v) is 5.92. The largest absolute Gasteiger partial charge is 0.573 e. The summed E-state index contributed by atoms with van der Waals surface area (Å²) in [6, 6.07) is 0.362. The number of hydrogen-bond acceptors (Lipinski definition) is 6. The van der Waals surface area contributed by atoms with Crippen molar-refractivity contribution in [3.05, 3.63) is 48.7 Å². The second-order valence-electron chi connectivity index (χ2n) is 9.25. The molecule has 206 valence electrons. The molecule has 0 spiro atoms. The van der Waals surface area contributed by atoms with Crippen LogP contribution < -0.4 is 5.73 Å². The first-order chi connectivity index (χ1) is 16.9. The van der Waals surface area contributed by atoms with E-state index in [1.807, 2.05) is 24.9 Å². The van der Waals surface area contributed by atoms with Gasteiger partial charge in [0.25, 0.3) is 0 Å². The van der Waals surface area contributed by atoms with Gasteiger partial charge >= 0.3 is 6.36 Å². The molecule has 36 heavy (non-hydrogen) atoms. The van der Waals surface area contributed by atoms with Gasteiger partial charge in [-0.2, -0.15) is 0 Å². The Kier molecular flexibility index (Phi) is 13.9. The Morgan fingerprint density at radius 2 is 1.92 bits per heavy atom. The van der Waals surface area contributed by atoms with Crippen LogP contribution in [0.3, 0.4) is 0 Å². The monoisotopic (exact) mass is 516 g/mol. The van der Waals surface area contributed by atoms with Crippen LogP contribution in [-0.2, 0) is 9.47 Å². The summed E-state index contributed by atoms with van der Waals surface area (Å²) in [6.07, 6.45) is 1.50. The van der Waals surface area contributed by atoms with Crippen molar-refractivity contribution in [3.8, 4) is 0 Å². The minimum atomic E-state index is -4.90. The second-order valence-corrected chi connectivity index (χ2v) is 9.25. The van der Waals surface area contributed by atoms with E-state index in [9.17, 15) is 18.3 Å². The number of aliphatic imine (C=N–C) groups is 1. The molecule has 2 atom stereocenters. The van der Waals surface area contributed by atoms with Crippen molar-refractivity contribution in [3.63, 3.8) is 0 Å². The fourth-order valence-corrected chi connectivity index (χ4v) is 3.98. The summed E-state index contributed by atoms with van der Waals surface area (Å²) in [5.41, 5.74) is 6.90. The number of ether oxygens (including phenoxy) is 2. The van der Waals surface area contributed by atoms with Gasteiger partial charge in [-0.3, -0.25) is 4.90 Å². The first kappa shape index (κ1) is 31.7. The van der Waals surface area contributed by atoms with Gasteiger partial charge in [0.15, 0.2) is 11.6 Å². The Labute approximate surface area is 213 Å². The van der Waals surface area contributed by atoms with Crippen LogP contribution in [0.15, 0.2) is 53.7 Å². The van der Waals surface area contributed by atoms with Crippen molar-refractivity contribution in [2.45, 2.75) is 71.9 Å². The van der Waals surface area contributed by atoms with E-state index in [0.717, 1.165) is 44.1 Å². The smallest absolute Gasteiger partial charge is 0.402 e. The Hall–Kier alpha value is -2.30. The van der Waals surface area contributed by atoms with Crippen LogP contribution in [0.4, 0.5) is 13.2 Å². The third kappa shape index (κ3) is 11.6. The minimum Gasteiger partial charge on any atom is -0.402 e. The van der Waals surface area contributed by atoms with Gasteiger partial charge in [0.2, 0.25) is 0 Å². The number of halogens is 3. The van der Waals surface area contributed by atoms with E-state index in [1.165, 1.54) is 6.08 Å². The summed E-state index contributed by atoms with van der Waals surface area (Å²) in [6.45, 7) is 19.0. The van der Waals surface area contributed by atoms with Crippen LogP contribution in [0.2, 0.25) is 0 Å². The molecule has 0 radical (unpaired) electrons. The van der Waals surface area contributed by atoms with E-state index in [2.05, 4.69) is 34.7 Å². The predicted molar refractivity (Wildman–Crippen MR) is 138 cm³/mol. The summed E-state index contributed by atoms with van der Waals surface area (Å²) in [7, 11) is 0. The normalized spacial score (nSPS) is 18.2. The van der Waals surface area contributed by atoms with Gasteiger partial charge in [-0.25, -0.2) is 4.99 Å². The molecule has 1 aliphatic rings. The fourth-order valence-electron chi connectivity index (χ4n) is 3.98. The maximum absolute atomic E-state index is 12.8. The highest BCUT2D eigenvalue weighted by atomic mass is 19.4. The van der Waals surface area contributed by atoms with Crippen LogP contribution in [-0.4, -0.2) is 72.1 Å². The quantitative estimate of drug-likeness (QED) is 0.183. The molecule has 1 fully saturated rings. The van der Waals surface area contributed by atoms with Gasteiger partial charge in [-0.15, -0.1) is 13.2 Å². The highest BCUT2D eigenvalue weighted by molar-refractivity contribution is 5.95. The van der Waals surface area contributed by atoms with Crippen LogP contribution in [0.25, 0.3) is 0 Å². The van der Waals surface area contributed by atoms with Gasteiger partial charge < -0.3 is 25.2 Å². The zero-order valence-corrected chi connectivity index (χ0v) is 22.1. The molecule has 1 saturated heterocycles. The molecule has 0 aliphatic carbocycles. The zero-order valence-electron chi connectivity index (χ0n) is 22.1. The van der Waals surface area contributed by atoms with Crippen molar-refractivity contribution in [2.75, 3.05) is 32.8 Å². The Balaban J connectivity index is 3.12. The van der Waals surface area contributed by atoms with Crippen LogP contribution in [0.1, 0.15) is 53.4 Å². The van der Waals surface area contributed by atoms with E-state index < -0.39 is 24.1 Å². The number of aliphatic hydroxyl groups excluding tert-OH is 1. The summed E-state index contributed by atoms with van der Waals surface area (Å²) >= 11 is 0. The van der Waals surface area contributed by atoms with Crippen molar-refractivity contribution < 1.29 is 27.8 Å². The van der Waals surface area contributed by atoms with Gasteiger partial charge in [-0.1, -0.05) is 45.9 Å². The molecule has 1 rings (SSSR count). The van der Waals surface area contributed by atoms with Gasteiger partial charge in [0, 0.05) is 43.8 Å². The summed E-state index contributed by atoms with van der Waals surface area (Å²) < 4.78 is 48.0. The molecule has 0 aromatic heterocycles. The van der Waals surface area contributed by atoms with Crippen LogP contribution in [0, 0.1) is 5.92 Å². The molecular weight excluding hydrogens is 473 g/mol. The van der Waals surface area contributed by atoms with E-state index in [0.29, 0.717) is 31.5 Å². The summed E-state index contributed by atoms with van der Waals surface area (Å²) in [5, 5.41) is 10.7. The minimum absolute atomic E-state index is 0.0408. The SMILES string of the molecule is C=C/N=C(N)\C(=C/C/C(C)=C/N(CCC(CCC)N1CCOCC1)C(=C)C(O)C(C)C)OC(F)(F)F. The lowest BCUT2D eigenvalue weighted by molar-refractivity contribution is -0.302. The molecule has 0 bridgehead atoms. The highest BCUT2D eigenvalue weighted by Gasteiger charge is 2.33. The first-order valence-corrected chi connectivity index (χ1v) is 12.4. The maximum atomic E-state index is 12.8. The molecule has 0 aromatic carbocycles. The lowest BCUT2D eigenvalue weighted by Crippen LogP contribution is -2.44. The molecule has 10 heteroatoms. The van der Waals surface area contributed by atoms with Crippen LogP contribution >= 0.6 is 0 Å². The zero-order chi connectivity index (χ0) is 27.3. The average molecular weight is 517 g/mol. The van der Waals surface area contributed by atoms with Crippen molar-refractivity contribution in [2.24, 2.45) is 16.6 Å². The number of nitrogens with two attached hydrogens (primary N) is 1. The lowest BCUT2D eigenvalue weighted by atomic mass is 10.0. The standard InChI is InChI=1S/C26H43F3N4O3/c1-7-9-22(32-14-16-35-17-15-32)12-13-33(21(6)24(34)19(3)4)18-20(5)10-11-23(25(30)31-8-2)36-26(27,28)29/h8,11,18-19,22,24,34H,2,6-7,9-10,12-17H2,1,3-5H3,(H2,30,31)/b20-18+,23-11+. The van der Waals surface area contributed by atoms with Crippen molar-refractivity contribution in [1.82, 2.24) is 9.80 Å². The molecule has 3 N–H and O–H groups in total. The number of morpholine rings is 1. The molecular formula is C26H43F3N4O3. The number of amidine groups is 1. The van der Waals surface area contributed by atoms with E-state index in [-0.39, 0.29) is 12.3 Å². The fraction of sp³-hybridized carbons (Fsp3) is 0.654. The number of allylic oxidation sites excluding steroid dienone is 2. The summed E-state index contributed by atoms with van der Waals surface area (Å²) in [5.74, 6) is -1.04. The van der Waals surface area contributed by atoms with Crippen molar-refractivity contribution in [1.29, 1.82) is 0 Å². The van der Waals surface area contributed by atoms with Gasteiger partial charge in [0.1, 0.15) is 0 Å². The number of alkyl halides is 3. The Bertz CT molecular complexity index is 788. The number of rotatable bonds is 15. The van der Waals surface area contributed by atoms with Gasteiger partial charge in [0.05, 0.1) is 19.3 Å². The molecule has 0 saturated carbocycles. The Morgan fingerprint density at radius 1 is 1.28 bits per heavy atom. The summed E-state index contributed by atoms with van der Waals surface area (Å²) in [4.78, 5) is 7.95. The second kappa shape index (κ2) is 15.7. The maximum Gasteiger partial charge on any atom is 0.573 e. The predicted octanol–water partition coefficient (Wildman–Crippen LogP) is 4.92. The van der Waals surface area contributed by atoms with E-state index in [4.69, 9.17) is 10.5 Å². The Morgan fingerprint density at radius 3 is 2.44 bits per heavy atom. The molecule has 1 heterocycles. The highest BCUT2D eigenvalue weighted by Crippen LogP contribution is 2.23. The molecule has 2 unspecified atom stereocenters. The molecule has 0 amide bonds. The number of nitrogens with zero attached hydrogens (tertiary/aromatic N) is 3. The molecule has 1 aliphatic heterocycles. The van der Waals surface area contributed by atoms with E-state index in [1.54, 1.807) is 6.92 Å². The molecule has 7 nitrogen and oxygen atoms in total. The van der Waals surface area contributed by atoms with Gasteiger partial charge in [-0.05, 0) is 38.2 Å².